The summed E-state index contributed by atoms with van der Waals surface area (Å²) in [5.41, 5.74) is -1.89. The standard InChI is InChI=1S/C38H58N4O11/c1-4-16-48-22-25-51-19-13-39-33(43)7-10-37(42-36(46)32-30-38(47)28-31(32)29-38,11-8-34(44)40-14-20-52-26-23-49-17-5-2)12-9-35(45)41-15-21-53-27-24-50-18-6-3/h1-3,31-32,47H,7-30H2,(H,39,43)(H,40,44)(H,41,45)(H,42,46)/t31?,32-,38?/m1/s1. The Kier molecular flexibility index (Phi) is 23.1. The minimum atomic E-state index is -1.07. The first-order valence-corrected chi connectivity index (χ1v) is 18.3. The molecule has 0 aromatic heterocycles. The molecule has 0 heterocycles. The molecule has 0 aromatic rings. The van der Waals surface area contributed by atoms with Crippen molar-refractivity contribution in [3.05, 3.63) is 0 Å². The molecule has 3 fully saturated rings. The van der Waals surface area contributed by atoms with Gasteiger partial charge < -0.3 is 54.8 Å². The first kappa shape index (κ1) is 45.4. The summed E-state index contributed by atoms with van der Waals surface area (Å²) in [6.45, 7) is 4.17. The molecule has 0 spiro atoms. The molecule has 0 unspecified atom stereocenters. The van der Waals surface area contributed by atoms with Gasteiger partial charge in [0.15, 0.2) is 0 Å². The molecule has 1 atom stereocenters. The van der Waals surface area contributed by atoms with Gasteiger partial charge in [0.2, 0.25) is 23.6 Å². The Bertz CT molecular complexity index is 1120. The van der Waals surface area contributed by atoms with Gasteiger partial charge in [0, 0.05) is 50.4 Å². The van der Waals surface area contributed by atoms with Crippen molar-refractivity contribution in [2.75, 3.05) is 98.9 Å². The minimum absolute atomic E-state index is 0.0258. The average Bonchev–Trinajstić information content (AvgIpc) is 3.66. The molecular weight excluding hydrogens is 688 g/mol. The van der Waals surface area contributed by atoms with E-state index >= 15 is 0 Å². The maximum absolute atomic E-state index is 13.8. The molecule has 3 saturated carbocycles. The zero-order valence-corrected chi connectivity index (χ0v) is 30.9. The summed E-state index contributed by atoms with van der Waals surface area (Å²) >= 11 is 0. The van der Waals surface area contributed by atoms with Gasteiger partial charge in [0.05, 0.1) is 65.1 Å². The lowest BCUT2D eigenvalue weighted by atomic mass is 9.78. The van der Waals surface area contributed by atoms with Gasteiger partial charge in [-0.3, -0.25) is 19.2 Å². The first-order valence-electron chi connectivity index (χ1n) is 18.3. The molecular formula is C38H58N4O11. The molecule has 4 amide bonds. The summed E-state index contributed by atoms with van der Waals surface area (Å²) in [4.78, 5) is 52.7. The summed E-state index contributed by atoms with van der Waals surface area (Å²) in [5, 5.41) is 22.2. The van der Waals surface area contributed by atoms with Crippen LogP contribution in [0, 0.1) is 48.9 Å². The first-order chi connectivity index (χ1) is 25.7. The summed E-state index contributed by atoms with van der Waals surface area (Å²) in [6, 6.07) is 0. The highest BCUT2D eigenvalue weighted by Gasteiger charge is 2.57. The molecule has 5 N–H and O–H groups in total. The van der Waals surface area contributed by atoms with Crippen molar-refractivity contribution >= 4 is 23.6 Å². The number of rotatable bonds is 32. The van der Waals surface area contributed by atoms with E-state index < -0.39 is 11.1 Å². The van der Waals surface area contributed by atoms with Crippen molar-refractivity contribution in [3.63, 3.8) is 0 Å². The number of terminal acetylenes is 3. The predicted octanol–water partition coefficient (Wildman–Crippen LogP) is -0.309. The van der Waals surface area contributed by atoms with Gasteiger partial charge >= 0.3 is 0 Å². The molecule has 0 radical (unpaired) electrons. The lowest BCUT2D eigenvalue weighted by Gasteiger charge is -2.37. The largest absolute Gasteiger partial charge is 0.390 e. The van der Waals surface area contributed by atoms with E-state index in [2.05, 4.69) is 39.0 Å². The Morgan fingerprint density at radius 1 is 0.585 bits per heavy atom. The zero-order chi connectivity index (χ0) is 38.6. The quantitative estimate of drug-likeness (QED) is 0.0449. The Morgan fingerprint density at radius 3 is 1.26 bits per heavy atom. The fourth-order valence-corrected chi connectivity index (χ4v) is 6.33. The van der Waals surface area contributed by atoms with Gasteiger partial charge in [0.1, 0.15) is 19.8 Å². The Morgan fingerprint density at radius 2 is 0.943 bits per heavy atom. The highest BCUT2D eigenvalue weighted by Crippen LogP contribution is 2.55. The maximum atomic E-state index is 13.8. The van der Waals surface area contributed by atoms with Gasteiger partial charge in [-0.15, -0.1) is 19.3 Å². The molecule has 296 valence electrons. The van der Waals surface area contributed by atoms with Crippen LogP contribution in [0.2, 0.25) is 0 Å². The second-order valence-electron chi connectivity index (χ2n) is 13.1. The zero-order valence-electron chi connectivity index (χ0n) is 30.9. The molecule has 3 aliphatic carbocycles. The van der Waals surface area contributed by atoms with Crippen molar-refractivity contribution < 1.29 is 52.7 Å². The Labute approximate surface area is 314 Å². The number of nitrogens with one attached hydrogen (secondary N) is 4. The third-order valence-corrected chi connectivity index (χ3v) is 9.05. The predicted molar refractivity (Wildman–Crippen MR) is 195 cm³/mol. The fourth-order valence-electron chi connectivity index (χ4n) is 6.33. The van der Waals surface area contributed by atoms with Crippen LogP contribution in [0.4, 0.5) is 0 Å². The van der Waals surface area contributed by atoms with Crippen LogP contribution in [0.5, 0.6) is 0 Å². The minimum Gasteiger partial charge on any atom is -0.390 e. The van der Waals surface area contributed by atoms with E-state index in [1.165, 1.54) is 0 Å². The molecule has 0 aromatic carbocycles. The highest BCUT2D eigenvalue weighted by atomic mass is 16.5. The van der Waals surface area contributed by atoms with Crippen LogP contribution in [0.15, 0.2) is 0 Å². The molecule has 15 nitrogen and oxygen atoms in total. The SMILES string of the molecule is C#CCOCCOCCNC(=O)CCC(CCC(=O)NCCOCCOCC#C)(CCC(=O)NCCOCCOCC#C)NC(=O)[C@@H]1CC2(O)CC1C2. The number of fused-ring (bicyclic) bond motifs is 1. The molecule has 53 heavy (non-hydrogen) atoms. The van der Waals surface area contributed by atoms with Gasteiger partial charge in [-0.1, -0.05) is 17.8 Å². The monoisotopic (exact) mass is 746 g/mol. The van der Waals surface area contributed by atoms with Crippen LogP contribution in [0.25, 0.3) is 0 Å². The van der Waals surface area contributed by atoms with Crippen molar-refractivity contribution in [2.45, 2.75) is 68.9 Å². The van der Waals surface area contributed by atoms with E-state index in [-0.39, 0.29) is 133 Å². The maximum Gasteiger partial charge on any atom is 0.223 e. The topological polar surface area (TPSA) is 192 Å². The molecule has 0 saturated heterocycles. The van der Waals surface area contributed by atoms with E-state index in [0.717, 1.165) is 0 Å². The van der Waals surface area contributed by atoms with Crippen LogP contribution in [0.3, 0.4) is 0 Å². The molecule has 3 rings (SSSR count). The van der Waals surface area contributed by atoms with E-state index in [0.29, 0.717) is 58.9 Å². The lowest BCUT2D eigenvalue weighted by Crippen LogP contribution is -2.52. The Balaban J connectivity index is 2.02. The number of aliphatic hydroxyl groups is 1. The third kappa shape index (κ3) is 19.8. The van der Waals surface area contributed by atoms with Crippen molar-refractivity contribution in [2.24, 2.45) is 11.8 Å². The average molecular weight is 747 g/mol. The molecule has 0 aliphatic heterocycles. The number of carbonyl (C=O) groups is 4. The second kappa shape index (κ2) is 27.0. The van der Waals surface area contributed by atoms with Gasteiger partial charge in [-0.2, -0.15) is 0 Å². The lowest BCUT2D eigenvalue weighted by molar-refractivity contribution is -0.130. The normalized spacial score (nSPS) is 18.5. The summed E-state index contributed by atoms with van der Waals surface area (Å²) < 4.78 is 31.9. The van der Waals surface area contributed by atoms with E-state index in [9.17, 15) is 24.3 Å². The Hall–Kier alpha value is -3.72. The number of carbonyl (C=O) groups excluding carboxylic acids is 4. The smallest absolute Gasteiger partial charge is 0.223 e. The molecule has 3 aliphatic rings. The molecule has 2 bridgehead atoms. The highest BCUT2D eigenvalue weighted by molar-refractivity contribution is 5.82. The van der Waals surface area contributed by atoms with E-state index in [1.807, 2.05) is 0 Å². The van der Waals surface area contributed by atoms with Crippen LogP contribution >= 0.6 is 0 Å². The van der Waals surface area contributed by atoms with E-state index in [1.54, 1.807) is 0 Å². The van der Waals surface area contributed by atoms with Gasteiger partial charge in [-0.05, 0) is 44.4 Å². The second-order valence-corrected chi connectivity index (χ2v) is 13.1. The van der Waals surface area contributed by atoms with Crippen LogP contribution in [0.1, 0.15) is 57.8 Å². The number of hydrogen-bond acceptors (Lipinski definition) is 11. The van der Waals surface area contributed by atoms with Crippen LogP contribution < -0.4 is 21.3 Å². The van der Waals surface area contributed by atoms with Crippen LogP contribution in [-0.4, -0.2) is 139 Å². The fraction of sp³-hybridized carbons (Fsp3) is 0.737. The summed E-state index contributed by atoms with van der Waals surface area (Å²) in [7, 11) is 0. The van der Waals surface area contributed by atoms with Crippen molar-refractivity contribution in [1.29, 1.82) is 0 Å². The van der Waals surface area contributed by atoms with E-state index in [4.69, 9.17) is 47.7 Å². The number of ether oxygens (including phenoxy) is 6. The van der Waals surface area contributed by atoms with Crippen molar-refractivity contribution in [1.82, 2.24) is 21.3 Å². The van der Waals surface area contributed by atoms with Gasteiger partial charge in [0.25, 0.3) is 0 Å². The van der Waals surface area contributed by atoms with Crippen molar-refractivity contribution in [3.8, 4) is 37.0 Å². The number of hydrogen-bond donors (Lipinski definition) is 5. The molecule has 15 heteroatoms. The summed E-state index contributed by atoms with van der Waals surface area (Å²) in [5.74, 6) is 5.74. The van der Waals surface area contributed by atoms with Crippen LogP contribution in [-0.2, 0) is 47.6 Å². The number of amides is 4. The summed E-state index contributed by atoms with van der Waals surface area (Å²) in [6.07, 6.45) is 17.6. The van der Waals surface area contributed by atoms with Gasteiger partial charge in [-0.25, -0.2) is 0 Å². The third-order valence-electron chi connectivity index (χ3n) is 9.05.